The summed E-state index contributed by atoms with van der Waals surface area (Å²) in [6.07, 6.45) is 0.950. The topological polar surface area (TPSA) is 76.7 Å². The van der Waals surface area contributed by atoms with Gasteiger partial charge in [-0.15, -0.1) is 0 Å². The molecule has 0 fully saturated rings. The van der Waals surface area contributed by atoms with Crippen molar-refractivity contribution in [2.45, 2.75) is 13.3 Å². The first kappa shape index (κ1) is 14.6. The molecule has 0 bridgehead atoms. The van der Waals surface area contributed by atoms with Gasteiger partial charge in [-0.2, -0.15) is 0 Å². The molecule has 0 heterocycles. The molecule has 0 atom stereocenters. The van der Waals surface area contributed by atoms with Crippen molar-refractivity contribution in [3.05, 3.63) is 18.2 Å². The lowest BCUT2D eigenvalue weighted by molar-refractivity contribution is 0.0992. The Balaban J connectivity index is 2.40. The molecular weight excluding hydrogens is 232 g/mol. The first-order valence-corrected chi connectivity index (χ1v) is 6.22. The molecule has 0 aliphatic heterocycles. The van der Waals surface area contributed by atoms with E-state index in [1.165, 1.54) is 0 Å². The summed E-state index contributed by atoms with van der Waals surface area (Å²) >= 11 is 0. The number of hydrogen-bond donors (Lipinski definition) is 3. The Kier molecular flexibility index (Phi) is 6.98. The second kappa shape index (κ2) is 8.60. The van der Waals surface area contributed by atoms with E-state index in [1.54, 1.807) is 0 Å². The van der Waals surface area contributed by atoms with Gasteiger partial charge in [-0.25, -0.2) is 0 Å². The summed E-state index contributed by atoms with van der Waals surface area (Å²) in [5, 5.41) is 11.8. The van der Waals surface area contributed by atoms with E-state index in [4.69, 9.17) is 20.3 Å². The molecule has 0 aliphatic carbocycles. The molecule has 0 saturated heterocycles. The first-order valence-electron chi connectivity index (χ1n) is 6.22. The van der Waals surface area contributed by atoms with Crippen molar-refractivity contribution in [1.29, 1.82) is 0 Å². The second-order valence-electron chi connectivity index (χ2n) is 3.86. The Morgan fingerprint density at radius 1 is 1.28 bits per heavy atom. The van der Waals surface area contributed by atoms with Crippen molar-refractivity contribution >= 4 is 11.4 Å². The molecule has 0 spiro atoms. The fourth-order valence-electron chi connectivity index (χ4n) is 1.42. The van der Waals surface area contributed by atoms with Gasteiger partial charge in [0, 0.05) is 18.3 Å². The Labute approximate surface area is 108 Å². The van der Waals surface area contributed by atoms with E-state index in [1.807, 2.05) is 18.2 Å². The maximum atomic E-state index is 8.56. The monoisotopic (exact) mass is 254 g/mol. The van der Waals surface area contributed by atoms with Gasteiger partial charge in [0.05, 0.1) is 32.1 Å². The molecule has 1 rings (SSSR count). The van der Waals surface area contributed by atoms with Crippen LogP contribution in [0.4, 0.5) is 11.4 Å². The van der Waals surface area contributed by atoms with Gasteiger partial charge in [0.2, 0.25) is 0 Å². The number of hydrogen-bond acceptors (Lipinski definition) is 5. The van der Waals surface area contributed by atoms with Gasteiger partial charge in [-0.3, -0.25) is 0 Å². The van der Waals surface area contributed by atoms with Crippen LogP contribution in [0.15, 0.2) is 18.2 Å². The SMILES string of the molecule is CCCOc1cc(NCCOCCO)ccc1N. The number of anilines is 2. The molecule has 0 aromatic heterocycles. The lowest BCUT2D eigenvalue weighted by atomic mass is 10.2. The van der Waals surface area contributed by atoms with Crippen LogP contribution in [-0.4, -0.2) is 38.1 Å². The number of nitrogens with one attached hydrogen (secondary N) is 1. The highest BCUT2D eigenvalue weighted by atomic mass is 16.5. The van der Waals surface area contributed by atoms with Gasteiger partial charge in [0.15, 0.2) is 0 Å². The lowest BCUT2D eigenvalue weighted by Gasteiger charge is -2.11. The summed E-state index contributed by atoms with van der Waals surface area (Å²) in [5.41, 5.74) is 7.41. The van der Waals surface area contributed by atoms with Gasteiger partial charge >= 0.3 is 0 Å². The summed E-state index contributed by atoms with van der Waals surface area (Å²) < 4.78 is 10.7. The van der Waals surface area contributed by atoms with Gasteiger partial charge in [-0.05, 0) is 18.6 Å². The van der Waals surface area contributed by atoms with Gasteiger partial charge in [-0.1, -0.05) is 6.92 Å². The maximum Gasteiger partial charge on any atom is 0.144 e. The highest BCUT2D eigenvalue weighted by Gasteiger charge is 2.01. The molecule has 102 valence electrons. The predicted octanol–water partition coefficient (Wildman–Crippen LogP) is 1.48. The normalized spacial score (nSPS) is 10.3. The molecule has 0 saturated carbocycles. The van der Waals surface area contributed by atoms with Crippen molar-refractivity contribution in [2.24, 2.45) is 0 Å². The third-order valence-electron chi connectivity index (χ3n) is 2.29. The molecular formula is C13H22N2O3. The highest BCUT2D eigenvalue weighted by molar-refractivity contribution is 5.61. The number of rotatable bonds is 9. The third-order valence-corrected chi connectivity index (χ3v) is 2.29. The van der Waals surface area contributed by atoms with E-state index in [9.17, 15) is 0 Å². The smallest absolute Gasteiger partial charge is 0.144 e. The van der Waals surface area contributed by atoms with E-state index in [2.05, 4.69) is 12.2 Å². The summed E-state index contributed by atoms with van der Waals surface area (Å²) in [5.74, 6) is 0.707. The zero-order chi connectivity index (χ0) is 13.2. The summed E-state index contributed by atoms with van der Waals surface area (Å²) in [6, 6.07) is 5.61. The van der Waals surface area contributed by atoms with Crippen LogP contribution in [0.3, 0.4) is 0 Å². The number of ether oxygens (including phenoxy) is 2. The van der Waals surface area contributed by atoms with Crippen molar-refractivity contribution in [1.82, 2.24) is 0 Å². The highest BCUT2D eigenvalue weighted by Crippen LogP contribution is 2.25. The third kappa shape index (κ3) is 5.25. The molecule has 0 unspecified atom stereocenters. The van der Waals surface area contributed by atoms with Crippen LogP contribution in [0, 0.1) is 0 Å². The van der Waals surface area contributed by atoms with Crippen molar-refractivity contribution in [2.75, 3.05) is 44.0 Å². The minimum Gasteiger partial charge on any atom is -0.491 e. The van der Waals surface area contributed by atoms with E-state index >= 15 is 0 Å². The quantitative estimate of drug-likeness (QED) is 0.459. The van der Waals surface area contributed by atoms with Crippen LogP contribution in [0.5, 0.6) is 5.75 Å². The molecule has 5 heteroatoms. The van der Waals surface area contributed by atoms with Crippen molar-refractivity contribution in [3.8, 4) is 5.75 Å². The number of aliphatic hydroxyl groups excluding tert-OH is 1. The van der Waals surface area contributed by atoms with Crippen molar-refractivity contribution in [3.63, 3.8) is 0 Å². The zero-order valence-electron chi connectivity index (χ0n) is 10.8. The molecule has 18 heavy (non-hydrogen) atoms. The van der Waals surface area contributed by atoms with Crippen LogP contribution >= 0.6 is 0 Å². The fourth-order valence-corrected chi connectivity index (χ4v) is 1.42. The van der Waals surface area contributed by atoms with Crippen LogP contribution in [0.1, 0.15) is 13.3 Å². The van der Waals surface area contributed by atoms with Crippen LogP contribution in [-0.2, 0) is 4.74 Å². The average Bonchev–Trinajstić information content (AvgIpc) is 2.39. The predicted molar refractivity (Wildman–Crippen MR) is 73.0 cm³/mol. The summed E-state index contributed by atoms with van der Waals surface area (Å²) in [6.45, 7) is 4.36. The molecule has 4 N–H and O–H groups in total. The summed E-state index contributed by atoms with van der Waals surface area (Å²) in [7, 11) is 0. The van der Waals surface area contributed by atoms with Gasteiger partial charge in [0.1, 0.15) is 5.75 Å². The largest absolute Gasteiger partial charge is 0.491 e. The minimum atomic E-state index is 0.0525. The molecule has 0 aliphatic rings. The molecule has 5 nitrogen and oxygen atoms in total. The maximum absolute atomic E-state index is 8.56. The molecule has 1 aromatic carbocycles. The standard InChI is InChI=1S/C13H22N2O3/c1-2-7-18-13-10-11(3-4-12(13)14)15-5-8-17-9-6-16/h3-4,10,15-16H,2,5-9,14H2,1H3. The average molecular weight is 254 g/mol. The Bertz CT molecular complexity index is 345. The van der Waals surface area contributed by atoms with E-state index in [0.717, 1.165) is 12.1 Å². The van der Waals surface area contributed by atoms with Crippen LogP contribution in [0.2, 0.25) is 0 Å². The van der Waals surface area contributed by atoms with Crippen LogP contribution in [0.25, 0.3) is 0 Å². The fraction of sp³-hybridized carbons (Fsp3) is 0.538. The van der Waals surface area contributed by atoms with E-state index < -0.39 is 0 Å². The van der Waals surface area contributed by atoms with Crippen molar-refractivity contribution < 1.29 is 14.6 Å². The van der Waals surface area contributed by atoms with Crippen LogP contribution < -0.4 is 15.8 Å². The molecule has 0 radical (unpaired) electrons. The number of nitrogen functional groups attached to an aromatic ring is 1. The molecule has 1 aromatic rings. The Hall–Kier alpha value is -1.46. The summed E-state index contributed by atoms with van der Waals surface area (Å²) in [4.78, 5) is 0. The Morgan fingerprint density at radius 2 is 2.11 bits per heavy atom. The number of aliphatic hydroxyl groups is 1. The molecule has 0 amide bonds. The zero-order valence-corrected chi connectivity index (χ0v) is 10.8. The number of benzene rings is 1. The first-order chi connectivity index (χ1) is 8.77. The second-order valence-corrected chi connectivity index (χ2v) is 3.86. The van der Waals surface area contributed by atoms with Gasteiger partial charge in [0.25, 0.3) is 0 Å². The van der Waals surface area contributed by atoms with E-state index in [0.29, 0.717) is 37.8 Å². The van der Waals surface area contributed by atoms with E-state index in [-0.39, 0.29) is 6.61 Å². The lowest BCUT2D eigenvalue weighted by Crippen LogP contribution is -2.11. The number of nitrogens with two attached hydrogens (primary N) is 1. The van der Waals surface area contributed by atoms with Gasteiger partial charge < -0.3 is 25.6 Å². The minimum absolute atomic E-state index is 0.0525. The Morgan fingerprint density at radius 3 is 2.83 bits per heavy atom.